The molecule has 2 aliphatic carbocycles. The largest absolute Gasteiger partial charge is 0.492 e. The minimum Gasteiger partial charge on any atom is -0.492 e. The summed E-state index contributed by atoms with van der Waals surface area (Å²) >= 11 is 2.46. The summed E-state index contributed by atoms with van der Waals surface area (Å²) in [6.45, 7) is 4.81. The number of halogens is 1. The lowest BCUT2D eigenvalue weighted by Gasteiger charge is -2.17. The zero-order valence-corrected chi connectivity index (χ0v) is 17.7. The Morgan fingerprint density at radius 3 is 3.04 bits per heavy atom. The maximum atomic E-state index is 11.0. The Kier molecular flexibility index (Phi) is 4.82. The van der Waals surface area contributed by atoms with Gasteiger partial charge in [-0.3, -0.25) is 4.79 Å². The first-order valence-corrected chi connectivity index (χ1v) is 10.4. The van der Waals surface area contributed by atoms with E-state index in [-0.39, 0.29) is 21.9 Å². The van der Waals surface area contributed by atoms with Crippen molar-refractivity contribution in [3.05, 3.63) is 58.7 Å². The summed E-state index contributed by atoms with van der Waals surface area (Å²) in [5.74, 6) is 0.651. The second-order valence-electron chi connectivity index (χ2n) is 7.70. The second-order valence-corrected chi connectivity index (χ2v) is 10.0. The number of allylic oxidation sites excluding steroid dienone is 4. The minimum absolute atomic E-state index is 0.0251. The molecule has 1 aliphatic heterocycles. The number of benzene rings is 1. The van der Waals surface area contributed by atoms with E-state index >= 15 is 0 Å². The number of carbonyl (C=O) groups is 1. The average Bonchev–Trinajstić information content (AvgIpc) is 3.13. The third-order valence-corrected chi connectivity index (χ3v) is 6.15. The molecule has 4 rings (SSSR count). The van der Waals surface area contributed by atoms with E-state index in [9.17, 15) is 4.79 Å². The molecule has 27 heavy (non-hydrogen) atoms. The van der Waals surface area contributed by atoms with Gasteiger partial charge in [-0.1, -0.05) is 46.9 Å². The van der Waals surface area contributed by atoms with Crippen molar-refractivity contribution in [3.63, 3.8) is 0 Å². The van der Waals surface area contributed by atoms with Gasteiger partial charge in [0.2, 0.25) is 0 Å². The van der Waals surface area contributed by atoms with Crippen molar-refractivity contribution in [1.29, 1.82) is 0 Å². The van der Waals surface area contributed by atoms with E-state index in [0.717, 1.165) is 29.9 Å². The predicted octanol–water partition coefficient (Wildman–Crippen LogP) is 5.18. The molecule has 1 N–H and O–H groups in total. The van der Waals surface area contributed by atoms with Crippen molar-refractivity contribution in [1.82, 2.24) is 0 Å². The smallest absolute Gasteiger partial charge is 0.304 e. The highest BCUT2D eigenvalue weighted by Gasteiger charge is 2.31. The number of hydrogen-bond acceptors (Lipinski definition) is 3. The van der Waals surface area contributed by atoms with Crippen LogP contribution >= 0.6 is 22.6 Å². The predicted molar refractivity (Wildman–Crippen MR) is 113 cm³/mol. The fraction of sp³-hybridized carbons (Fsp3) is 0.409. The van der Waals surface area contributed by atoms with E-state index in [0.29, 0.717) is 6.61 Å². The summed E-state index contributed by atoms with van der Waals surface area (Å²) in [5, 5.41) is 9.04. The van der Waals surface area contributed by atoms with Crippen molar-refractivity contribution in [2.45, 2.75) is 48.6 Å². The third-order valence-electron chi connectivity index (χ3n) is 5.48. The second kappa shape index (κ2) is 7.00. The molecule has 0 saturated heterocycles. The van der Waals surface area contributed by atoms with Crippen LogP contribution < -0.4 is 9.47 Å². The number of carboxylic acids is 1. The highest BCUT2D eigenvalue weighted by Crippen LogP contribution is 2.42. The zero-order valence-electron chi connectivity index (χ0n) is 15.5. The summed E-state index contributed by atoms with van der Waals surface area (Å²) in [4.78, 5) is 11.0. The summed E-state index contributed by atoms with van der Waals surface area (Å²) in [5.41, 5.74) is 4.97. The molecule has 5 heteroatoms. The lowest BCUT2D eigenvalue weighted by molar-refractivity contribution is -0.137. The highest BCUT2D eigenvalue weighted by molar-refractivity contribution is 14.1. The van der Waals surface area contributed by atoms with Crippen molar-refractivity contribution in [2.75, 3.05) is 6.61 Å². The van der Waals surface area contributed by atoms with Crippen molar-refractivity contribution in [3.8, 4) is 11.5 Å². The Labute approximate surface area is 173 Å². The Morgan fingerprint density at radius 2 is 2.26 bits per heavy atom. The van der Waals surface area contributed by atoms with Crippen molar-refractivity contribution >= 4 is 28.6 Å². The summed E-state index contributed by atoms with van der Waals surface area (Å²) in [7, 11) is 0. The number of hydrogen-bond donors (Lipinski definition) is 1. The molecule has 0 saturated carbocycles. The quantitative estimate of drug-likeness (QED) is 0.479. The van der Waals surface area contributed by atoms with Gasteiger partial charge in [-0.25, -0.2) is 0 Å². The number of carboxylic acid groups (broad SMARTS) is 1. The molecule has 3 atom stereocenters. The van der Waals surface area contributed by atoms with E-state index in [4.69, 9.17) is 14.6 Å². The van der Waals surface area contributed by atoms with E-state index in [1.807, 2.05) is 18.2 Å². The molecule has 0 aromatic heterocycles. The van der Waals surface area contributed by atoms with Crippen LogP contribution in [0.3, 0.4) is 0 Å². The van der Waals surface area contributed by atoms with Crippen molar-refractivity contribution in [2.24, 2.45) is 0 Å². The Balaban J connectivity index is 1.54. The molecule has 3 unspecified atom stereocenters. The number of alkyl halides is 1. The number of aliphatic carboxylic acids is 1. The fourth-order valence-corrected chi connectivity index (χ4v) is 4.86. The van der Waals surface area contributed by atoms with Gasteiger partial charge in [0.15, 0.2) is 0 Å². The Morgan fingerprint density at radius 1 is 1.44 bits per heavy atom. The number of rotatable bonds is 4. The molecule has 1 aromatic carbocycles. The first-order valence-electron chi connectivity index (χ1n) is 9.28. The Bertz CT molecular complexity index is 878. The lowest BCUT2D eigenvalue weighted by atomic mass is 9.98. The van der Waals surface area contributed by atoms with Gasteiger partial charge < -0.3 is 14.6 Å². The van der Waals surface area contributed by atoms with Gasteiger partial charge in [0.1, 0.15) is 17.6 Å². The van der Waals surface area contributed by atoms with E-state index in [2.05, 4.69) is 54.7 Å². The molecule has 1 aromatic rings. The maximum Gasteiger partial charge on any atom is 0.304 e. The molecule has 0 bridgehead atoms. The van der Waals surface area contributed by atoms with Crippen LogP contribution in [0.2, 0.25) is 0 Å². The van der Waals surface area contributed by atoms with Gasteiger partial charge in [0.05, 0.1) is 16.4 Å². The van der Waals surface area contributed by atoms with E-state index in [1.54, 1.807) is 0 Å². The number of ether oxygens (including phenoxy) is 2. The van der Waals surface area contributed by atoms with E-state index in [1.165, 1.54) is 16.7 Å². The summed E-state index contributed by atoms with van der Waals surface area (Å²) in [6, 6.07) is 5.79. The molecule has 0 radical (unpaired) electrons. The standard InChI is InChI=1S/C22H23IO4/c1-13-11-22(2,23)8-7-18-16(13)5-6-19(18)27-15-3-4-17-14(9-21(24)25)12-26-20(17)10-15/h3-4,7-8,10-11,14,19H,5-6,9,12H2,1-2H3,(H,24,25). The fourth-order valence-electron chi connectivity index (χ4n) is 4.21. The third kappa shape index (κ3) is 3.79. The van der Waals surface area contributed by atoms with Crippen LogP contribution in [0.5, 0.6) is 11.5 Å². The highest BCUT2D eigenvalue weighted by atomic mass is 127. The summed E-state index contributed by atoms with van der Waals surface area (Å²) in [6.07, 6.45) is 8.92. The number of fused-ring (bicyclic) bond motifs is 1. The maximum absolute atomic E-state index is 11.0. The van der Waals surface area contributed by atoms with Crippen molar-refractivity contribution < 1.29 is 19.4 Å². The van der Waals surface area contributed by atoms with Crippen LogP contribution in [0.4, 0.5) is 0 Å². The van der Waals surface area contributed by atoms with Crippen LogP contribution in [-0.2, 0) is 4.79 Å². The molecule has 0 spiro atoms. The monoisotopic (exact) mass is 478 g/mol. The molecule has 4 nitrogen and oxygen atoms in total. The topological polar surface area (TPSA) is 55.8 Å². The van der Waals surface area contributed by atoms with Gasteiger partial charge in [-0.05, 0) is 49.5 Å². The molecular formula is C22H23IO4. The SMILES string of the molecule is CC1=CC(C)(I)C=CC2=C1CCC2Oc1ccc2c(c1)OCC2CC(=O)O. The van der Waals surface area contributed by atoms with Gasteiger partial charge >= 0.3 is 5.97 Å². The van der Waals surface area contributed by atoms with Crippen LogP contribution in [0, 0.1) is 0 Å². The van der Waals surface area contributed by atoms with Gasteiger partial charge in [-0.15, -0.1) is 0 Å². The Hall–Kier alpha value is -1.76. The molecule has 0 fully saturated rings. The molecule has 142 valence electrons. The van der Waals surface area contributed by atoms with Gasteiger partial charge in [0, 0.05) is 17.5 Å². The zero-order chi connectivity index (χ0) is 19.2. The van der Waals surface area contributed by atoms with Crippen LogP contribution in [0.25, 0.3) is 0 Å². The van der Waals surface area contributed by atoms with Crippen LogP contribution in [0.15, 0.2) is 53.1 Å². The van der Waals surface area contributed by atoms with Gasteiger partial charge in [0.25, 0.3) is 0 Å². The first-order chi connectivity index (χ1) is 12.8. The molecule has 0 amide bonds. The normalized spacial score (nSPS) is 28.9. The first kappa shape index (κ1) is 18.6. The average molecular weight is 478 g/mol. The van der Waals surface area contributed by atoms with Crippen LogP contribution in [0.1, 0.15) is 44.6 Å². The molecule has 1 heterocycles. The lowest BCUT2D eigenvalue weighted by Crippen LogP contribution is -2.15. The molecule has 3 aliphatic rings. The van der Waals surface area contributed by atoms with Crippen LogP contribution in [-0.4, -0.2) is 27.2 Å². The van der Waals surface area contributed by atoms with Gasteiger partial charge in [-0.2, -0.15) is 0 Å². The van der Waals surface area contributed by atoms with E-state index < -0.39 is 5.97 Å². The minimum atomic E-state index is -0.798. The molecular weight excluding hydrogens is 455 g/mol. The summed E-state index contributed by atoms with van der Waals surface area (Å²) < 4.78 is 12.1.